The van der Waals surface area contributed by atoms with Crippen molar-refractivity contribution in [3.8, 4) is 0 Å². The van der Waals surface area contributed by atoms with Crippen LogP contribution >= 0.6 is 0 Å². The summed E-state index contributed by atoms with van der Waals surface area (Å²) in [7, 11) is 0. The van der Waals surface area contributed by atoms with Crippen LogP contribution in [0.5, 0.6) is 0 Å². The summed E-state index contributed by atoms with van der Waals surface area (Å²) in [5.41, 5.74) is 4.97. The van der Waals surface area contributed by atoms with Crippen molar-refractivity contribution in [2.75, 3.05) is 13.2 Å². The summed E-state index contributed by atoms with van der Waals surface area (Å²) in [6.45, 7) is 1.11. The molecule has 0 spiro atoms. The zero-order valence-corrected chi connectivity index (χ0v) is 8.23. The molecule has 1 aliphatic rings. The second-order valence-electron chi connectivity index (χ2n) is 3.62. The average Bonchev–Trinajstić information content (AvgIpc) is 2.85. The molecule has 1 saturated heterocycles. The van der Waals surface area contributed by atoms with E-state index in [-0.39, 0.29) is 12.5 Å². The first kappa shape index (κ1) is 10.1. The number of rotatable bonds is 3. The van der Waals surface area contributed by atoms with E-state index >= 15 is 0 Å². The SMILES string of the molecule is NC1(C(=O)NCc2ccno2)CCOC1. The average molecular weight is 211 g/mol. The van der Waals surface area contributed by atoms with Gasteiger partial charge in [0.2, 0.25) is 5.91 Å². The molecular weight excluding hydrogens is 198 g/mol. The van der Waals surface area contributed by atoms with Gasteiger partial charge in [0.05, 0.1) is 19.3 Å². The molecule has 1 fully saturated rings. The van der Waals surface area contributed by atoms with Gasteiger partial charge in [0.15, 0.2) is 5.76 Å². The molecule has 1 aromatic heterocycles. The van der Waals surface area contributed by atoms with Crippen LogP contribution in [0.1, 0.15) is 12.2 Å². The zero-order valence-electron chi connectivity index (χ0n) is 8.23. The van der Waals surface area contributed by atoms with Crippen molar-refractivity contribution < 1.29 is 14.1 Å². The minimum absolute atomic E-state index is 0.212. The first-order valence-electron chi connectivity index (χ1n) is 4.75. The maximum absolute atomic E-state index is 11.7. The van der Waals surface area contributed by atoms with Gasteiger partial charge in [-0.2, -0.15) is 0 Å². The number of nitrogens with one attached hydrogen (secondary N) is 1. The highest BCUT2D eigenvalue weighted by molar-refractivity contribution is 5.86. The summed E-state index contributed by atoms with van der Waals surface area (Å²) in [4.78, 5) is 11.7. The highest BCUT2D eigenvalue weighted by Crippen LogP contribution is 2.15. The molecule has 1 aliphatic heterocycles. The lowest BCUT2D eigenvalue weighted by Crippen LogP contribution is -2.54. The van der Waals surface area contributed by atoms with Crippen molar-refractivity contribution in [2.24, 2.45) is 5.73 Å². The van der Waals surface area contributed by atoms with E-state index in [1.54, 1.807) is 6.07 Å². The van der Waals surface area contributed by atoms with Crippen LogP contribution in [-0.4, -0.2) is 29.8 Å². The summed E-state index contributed by atoms with van der Waals surface area (Å²) in [5, 5.41) is 6.22. The van der Waals surface area contributed by atoms with Crippen molar-refractivity contribution >= 4 is 5.91 Å². The van der Waals surface area contributed by atoms with E-state index in [0.717, 1.165) is 0 Å². The Morgan fingerprint density at radius 2 is 2.60 bits per heavy atom. The van der Waals surface area contributed by atoms with Crippen molar-refractivity contribution in [1.82, 2.24) is 10.5 Å². The van der Waals surface area contributed by atoms with Crippen LogP contribution in [0.4, 0.5) is 0 Å². The number of amides is 1. The predicted octanol–water partition coefficient (Wildman–Crippen LogP) is -0.591. The quantitative estimate of drug-likeness (QED) is 0.697. The van der Waals surface area contributed by atoms with E-state index < -0.39 is 5.54 Å². The van der Waals surface area contributed by atoms with Crippen LogP contribution in [0, 0.1) is 0 Å². The van der Waals surface area contributed by atoms with Crippen molar-refractivity contribution in [3.05, 3.63) is 18.0 Å². The highest BCUT2D eigenvalue weighted by Gasteiger charge is 2.38. The third-order valence-electron chi connectivity index (χ3n) is 2.42. The fourth-order valence-corrected chi connectivity index (χ4v) is 1.44. The summed E-state index contributed by atoms with van der Waals surface area (Å²) >= 11 is 0. The Kier molecular flexibility index (Phi) is 2.70. The van der Waals surface area contributed by atoms with E-state index in [1.165, 1.54) is 6.20 Å². The summed E-state index contributed by atoms with van der Waals surface area (Å²) < 4.78 is 9.94. The van der Waals surface area contributed by atoms with Crippen LogP contribution in [0.25, 0.3) is 0 Å². The predicted molar refractivity (Wildman–Crippen MR) is 50.7 cm³/mol. The van der Waals surface area contributed by atoms with Crippen LogP contribution < -0.4 is 11.1 Å². The Hall–Kier alpha value is -1.40. The number of nitrogens with zero attached hydrogens (tertiary/aromatic N) is 1. The summed E-state index contributed by atoms with van der Waals surface area (Å²) in [5.74, 6) is 0.391. The zero-order chi connectivity index (χ0) is 10.7. The molecule has 1 atom stereocenters. The molecule has 1 aromatic rings. The topological polar surface area (TPSA) is 90.4 Å². The molecule has 0 bridgehead atoms. The fourth-order valence-electron chi connectivity index (χ4n) is 1.44. The molecule has 0 radical (unpaired) electrons. The Balaban J connectivity index is 1.87. The standard InChI is InChI=1S/C9H13N3O3/c10-9(2-4-14-6-9)8(13)11-5-7-1-3-12-15-7/h1,3H,2,4-6,10H2,(H,11,13). The van der Waals surface area contributed by atoms with Crippen molar-refractivity contribution in [1.29, 1.82) is 0 Å². The Labute approximate surface area is 86.7 Å². The second-order valence-corrected chi connectivity index (χ2v) is 3.62. The molecule has 2 heterocycles. The Morgan fingerprint density at radius 3 is 3.20 bits per heavy atom. The number of carbonyl (C=O) groups excluding carboxylic acids is 1. The van der Waals surface area contributed by atoms with Crippen LogP contribution in [0.15, 0.2) is 16.8 Å². The van der Waals surface area contributed by atoms with Crippen LogP contribution in [0.2, 0.25) is 0 Å². The van der Waals surface area contributed by atoms with E-state index in [2.05, 4.69) is 10.5 Å². The molecule has 1 amide bonds. The van der Waals surface area contributed by atoms with E-state index in [9.17, 15) is 4.79 Å². The van der Waals surface area contributed by atoms with Gasteiger partial charge in [-0.15, -0.1) is 0 Å². The van der Waals surface area contributed by atoms with Crippen LogP contribution in [0.3, 0.4) is 0 Å². The largest absolute Gasteiger partial charge is 0.379 e. The number of nitrogens with two attached hydrogens (primary N) is 1. The summed E-state index contributed by atoms with van der Waals surface area (Å²) in [6.07, 6.45) is 2.08. The minimum atomic E-state index is -0.889. The van der Waals surface area contributed by atoms with E-state index in [0.29, 0.717) is 25.3 Å². The maximum Gasteiger partial charge on any atom is 0.242 e. The lowest BCUT2D eigenvalue weighted by molar-refractivity contribution is -0.126. The molecule has 1 unspecified atom stereocenters. The molecule has 82 valence electrons. The molecular formula is C9H13N3O3. The molecule has 3 N–H and O–H groups in total. The third-order valence-corrected chi connectivity index (χ3v) is 2.42. The monoisotopic (exact) mass is 211 g/mol. The Bertz CT molecular complexity index is 330. The normalized spacial score (nSPS) is 25.4. The lowest BCUT2D eigenvalue weighted by Gasteiger charge is -2.19. The number of hydrogen-bond donors (Lipinski definition) is 2. The van der Waals surface area contributed by atoms with Gasteiger partial charge in [-0.25, -0.2) is 0 Å². The molecule has 0 aromatic carbocycles. The highest BCUT2D eigenvalue weighted by atomic mass is 16.5. The van der Waals surface area contributed by atoms with Gasteiger partial charge >= 0.3 is 0 Å². The first-order chi connectivity index (χ1) is 7.21. The fraction of sp³-hybridized carbons (Fsp3) is 0.556. The van der Waals surface area contributed by atoms with Gasteiger partial charge in [-0.05, 0) is 6.42 Å². The van der Waals surface area contributed by atoms with Gasteiger partial charge in [-0.1, -0.05) is 5.16 Å². The lowest BCUT2D eigenvalue weighted by atomic mass is 9.99. The van der Waals surface area contributed by atoms with Crippen molar-refractivity contribution in [3.63, 3.8) is 0 Å². The number of carbonyl (C=O) groups is 1. The van der Waals surface area contributed by atoms with E-state index in [4.69, 9.17) is 15.0 Å². The van der Waals surface area contributed by atoms with Gasteiger partial charge < -0.3 is 20.3 Å². The number of hydrogen-bond acceptors (Lipinski definition) is 5. The minimum Gasteiger partial charge on any atom is -0.379 e. The van der Waals surface area contributed by atoms with Crippen LogP contribution in [-0.2, 0) is 16.1 Å². The van der Waals surface area contributed by atoms with Gasteiger partial charge in [0, 0.05) is 12.7 Å². The molecule has 0 aliphatic carbocycles. The smallest absolute Gasteiger partial charge is 0.242 e. The molecule has 0 saturated carbocycles. The van der Waals surface area contributed by atoms with E-state index in [1.807, 2.05) is 0 Å². The second kappa shape index (κ2) is 4.00. The molecule has 6 nitrogen and oxygen atoms in total. The van der Waals surface area contributed by atoms with Gasteiger partial charge in [-0.3, -0.25) is 4.79 Å². The Morgan fingerprint density at radius 1 is 1.73 bits per heavy atom. The molecule has 6 heteroatoms. The first-order valence-corrected chi connectivity index (χ1v) is 4.75. The molecule has 2 rings (SSSR count). The number of aromatic nitrogens is 1. The molecule has 15 heavy (non-hydrogen) atoms. The van der Waals surface area contributed by atoms with Crippen molar-refractivity contribution in [2.45, 2.75) is 18.5 Å². The maximum atomic E-state index is 11.7. The van der Waals surface area contributed by atoms with Gasteiger partial charge in [0.25, 0.3) is 0 Å². The third kappa shape index (κ3) is 2.16. The summed E-state index contributed by atoms with van der Waals surface area (Å²) in [6, 6.07) is 1.69. The number of ether oxygens (including phenoxy) is 1. The van der Waals surface area contributed by atoms with Gasteiger partial charge in [0.1, 0.15) is 5.54 Å².